The smallest absolute Gasteiger partial charge is 0.124 e. The van der Waals surface area contributed by atoms with E-state index in [2.05, 4.69) is 5.32 Å². The van der Waals surface area contributed by atoms with Gasteiger partial charge in [0.2, 0.25) is 0 Å². The van der Waals surface area contributed by atoms with Crippen molar-refractivity contribution in [1.29, 1.82) is 0 Å². The Kier molecular flexibility index (Phi) is 6.67. The highest BCUT2D eigenvalue weighted by atomic mass is 35.5. The molecule has 0 radical (unpaired) electrons. The van der Waals surface area contributed by atoms with E-state index in [-0.39, 0.29) is 0 Å². The Morgan fingerprint density at radius 3 is 2.35 bits per heavy atom. The molecule has 0 aliphatic rings. The normalized spacial score (nSPS) is 11.9. The van der Waals surface area contributed by atoms with Gasteiger partial charge in [0.1, 0.15) is 12.4 Å². The highest BCUT2D eigenvalue weighted by Gasteiger charge is 2.09. The predicted octanol–water partition coefficient (Wildman–Crippen LogP) is 4.74. The molecular formula is C22H22ClNO2. The van der Waals surface area contributed by atoms with Crippen LogP contribution in [0.15, 0.2) is 78.9 Å². The Bertz CT molecular complexity index is 809. The van der Waals surface area contributed by atoms with Crippen LogP contribution < -0.4 is 10.1 Å². The summed E-state index contributed by atoms with van der Waals surface area (Å²) in [7, 11) is 0. The number of hydrogen-bond donors (Lipinski definition) is 2. The van der Waals surface area contributed by atoms with Crippen LogP contribution in [-0.4, -0.2) is 11.7 Å². The van der Waals surface area contributed by atoms with E-state index in [0.29, 0.717) is 24.7 Å². The summed E-state index contributed by atoms with van der Waals surface area (Å²) in [6.07, 6.45) is -0.552. The van der Waals surface area contributed by atoms with Gasteiger partial charge in [0.15, 0.2) is 0 Å². The molecule has 0 amide bonds. The third-order valence-electron chi connectivity index (χ3n) is 4.10. The van der Waals surface area contributed by atoms with Gasteiger partial charge in [-0.2, -0.15) is 0 Å². The summed E-state index contributed by atoms with van der Waals surface area (Å²) in [5, 5.41) is 14.2. The lowest BCUT2D eigenvalue weighted by Gasteiger charge is -2.15. The molecule has 3 aromatic carbocycles. The summed E-state index contributed by atoms with van der Waals surface area (Å²) < 4.78 is 5.96. The summed E-state index contributed by atoms with van der Waals surface area (Å²) in [5.74, 6) is 0.792. The van der Waals surface area contributed by atoms with Gasteiger partial charge in [-0.15, -0.1) is 0 Å². The van der Waals surface area contributed by atoms with Crippen LogP contribution in [0.1, 0.15) is 22.8 Å². The number of aliphatic hydroxyl groups excluding tert-OH is 1. The zero-order valence-electron chi connectivity index (χ0n) is 14.4. The third kappa shape index (κ3) is 5.33. The minimum atomic E-state index is -0.552. The minimum absolute atomic E-state index is 0.453. The Balaban J connectivity index is 1.59. The van der Waals surface area contributed by atoms with Crippen molar-refractivity contribution in [2.45, 2.75) is 19.3 Å². The summed E-state index contributed by atoms with van der Waals surface area (Å²) in [5.41, 5.74) is 2.97. The largest absolute Gasteiger partial charge is 0.489 e. The Hall–Kier alpha value is -2.33. The molecule has 0 aliphatic carbocycles. The number of aliphatic hydroxyl groups is 1. The van der Waals surface area contributed by atoms with Crippen LogP contribution in [0.25, 0.3) is 0 Å². The summed E-state index contributed by atoms with van der Waals surface area (Å²) in [6.45, 7) is 1.52. The van der Waals surface area contributed by atoms with Crippen LogP contribution in [0.3, 0.4) is 0 Å². The van der Waals surface area contributed by atoms with E-state index in [1.807, 2.05) is 78.9 Å². The van der Waals surface area contributed by atoms with Crippen molar-refractivity contribution >= 4 is 11.6 Å². The lowest BCUT2D eigenvalue weighted by atomic mass is 10.1. The van der Waals surface area contributed by atoms with E-state index < -0.39 is 6.10 Å². The number of hydrogen-bond acceptors (Lipinski definition) is 3. The molecule has 4 heteroatoms. The van der Waals surface area contributed by atoms with Gasteiger partial charge < -0.3 is 15.2 Å². The van der Waals surface area contributed by atoms with Gasteiger partial charge in [-0.25, -0.2) is 0 Å². The van der Waals surface area contributed by atoms with Gasteiger partial charge >= 0.3 is 0 Å². The van der Waals surface area contributed by atoms with Crippen LogP contribution in [0.5, 0.6) is 5.75 Å². The molecule has 0 heterocycles. The van der Waals surface area contributed by atoms with Crippen LogP contribution in [0.4, 0.5) is 0 Å². The zero-order valence-corrected chi connectivity index (χ0v) is 15.2. The molecule has 0 spiro atoms. The second-order valence-corrected chi connectivity index (χ2v) is 6.52. The van der Waals surface area contributed by atoms with Gasteiger partial charge in [-0.05, 0) is 29.3 Å². The standard InChI is InChI=1S/C22H22ClNO2/c23-20-11-12-22(26-16-17-7-3-1-4-8-17)19(13-20)14-24-15-21(25)18-9-5-2-6-10-18/h1-13,21,24-25H,14-16H2/t21-/m1/s1. The topological polar surface area (TPSA) is 41.5 Å². The summed E-state index contributed by atoms with van der Waals surface area (Å²) in [4.78, 5) is 0. The van der Waals surface area contributed by atoms with Crippen molar-refractivity contribution in [1.82, 2.24) is 5.32 Å². The van der Waals surface area contributed by atoms with Crippen LogP contribution in [0, 0.1) is 0 Å². The van der Waals surface area contributed by atoms with E-state index >= 15 is 0 Å². The number of nitrogens with one attached hydrogen (secondary N) is 1. The molecule has 2 N–H and O–H groups in total. The molecule has 26 heavy (non-hydrogen) atoms. The first-order chi connectivity index (χ1) is 12.7. The van der Waals surface area contributed by atoms with Crippen LogP contribution in [-0.2, 0) is 13.2 Å². The summed E-state index contributed by atoms with van der Waals surface area (Å²) >= 11 is 6.14. The Morgan fingerprint density at radius 1 is 0.923 bits per heavy atom. The van der Waals surface area contributed by atoms with E-state index in [0.717, 1.165) is 22.4 Å². The first kappa shape index (κ1) is 18.5. The monoisotopic (exact) mass is 367 g/mol. The second kappa shape index (κ2) is 9.39. The highest BCUT2D eigenvalue weighted by Crippen LogP contribution is 2.24. The van der Waals surface area contributed by atoms with Crippen molar-refractivity contribution in [3.8, 4) is 5.75 Å². The van der Waals surface area contributed by atoms with Gasteiger partial charge in [0.05, 0.1) is 6.10 Å². The van der Waals surface area contributed by atoms with Crippen molar-refractivity contribution in [3.63, 3.8) is 0 Å². The van der Waals surface area contributed by atoms with Crippen LogP contribution >= 0.6 is 11.6 Å². The molecule has 3 rings (SSSR count). The van der Waals surface area contributed by atoms with Crippen LogP contribution in [0.2, 0.25) is 5.02 Å². The molecule has 0 bridgehead atoms. The van der Waals surface area contributed by atoms with E-state index in [9.17, 15) is 5.11 Å². The fraction of sp³-hybridized carbons (Fsp3) is 0.182. The summed E-state index contributed by atoms with van der Waals surface area (Å²) in [6, 6.07) is 25.3. The average Bonchev–Trinajstić information content (AvgIpc) is 2.69. The maximum atomic E-state index is 10.3. The first-order valence-corrected chi connectivity index (χ1v) is 8.99. The second-order valence-electron chi connectivity index (χ2n) is 6.08. The first-order valence-electron chi connectivity index (χ1n) is 8.61. The molecular weight excluding hydrogens is 346 g/mol. The van der Waals surface area contributed by atoms with Crippen molar-refractivity contribution in [3.05, 3.63) is 101 Å². The quantitative estimate of drug-likeness (QED) is 0.604. The predicted molar refractivity (Wildman–Crippen MR) is 105 cm³/mol. The molecule has 0 saturated heterocycles. The number of halogens is 1. The lowest BCUT2D eigenvalue weighted by Crippen LogP contribution is -2.21. The van der Waals surface area contributed by atoms with Crippen molar-refractivity contribution in [2.24, 2.45) is 0 Å². The SMILES string of the molecule is O[C@H](CNCc1cc(Cl)ccc1OCc1ccccc1)c1ccccc1. The molecule has 134 valence electrons. The average molecular weight is 368 g/mol. The van der Waals surface area contributed by atoms with E-state index in [1.165, 1.54) is 0 Å². The molecule has 3 aromatic rings. The van der Waals surface area contributed by atoms with Gasteiger partial charge in [0, 0.05) is 23.7 Å². The van der Waals surface area contributed by atoms with Crippen molar-refractivity contribution < 1.29 is 9.84 Å². The Morgan fingerprint density at radius 2 is 1.62 bits per heavy atom. The highest BCUT2D eigenvalue weighted by molar-refractivity contribution is 6.30. The zero-order chi connectivity index (χ0) is 18.2. The lowest BCUT2D eigenvalue weighted by molar-refractivity contribution is 0.174. The molecule has 3 nitrogen and oxygen atoms in total. The van der Waals surface area contributed by atoms with Gasteiger partial charge in [0.25, 0.3) is 0 Å². The fourth-order valence-corrected chi connectivity index (χ4v) is 2.89. The Labute approximate surface area is 159 Å². The number of benzene rings is 3. The number of rotatable bonds is 8. The molecule has 1 atom stereocenters. The molecule has 0 aliphatic heterocycles. The molecule has 0 fully saturated rings. The maximum Gasteiger partial charge on any atom is 0.124 e. The van der Waals surface area contributed by atoms with Gasteiger partial charge in [-0.3, -0.25) is 0 Å². The molecule has 0 saturated carbocycles. The molecule has 0 unspecified atom stereocenters. The molecule has 0 aromatic heterocycles. The van der Waals surface area contributed by atoms with E-state index in [1.54, 1.807) is 0 Å². The fourth-order valence-electron chi connectivity index (χ4n) is 2.70. The van der Waals surface area contributed by atoms with E-state index in [4.69, 9.17) is 16.3 Å². The van der Waals surface area contributed by atoms with Crippen molar-refractivity contribution in [2.75, 3.05) is 6.54 Å². The minimum Gasteiger partial charge on any atom is -0.489 e. The number of ether oxygens (including phenoxy) is 1. The van der Waals surface area contributed by atoms with Gasteiger partial charge in [-0.1, -0.05) is 72.3 Å². The third-order valence-corrected chi connectivity index (χ3v) is 4.33. The maximum absolute atomic E-state index is 10.3.